The molecule has 0 fully saturated rings. The van der Waals surface area contributed by atoms with Crippen LogP contribution in [0.3, 0.4) is 0 Å². The number of hydrogen-bond donors (Lipinski definition) is 2. The zero-order valence-corrected chi connectivity index (χ0v) is 11.5. The molecule has 0 aliphatic heterocycles. The number of nitrogens with one attached hydrogen (secondary N) is 2. The second-order valence-electron chi connectivity index (χ2n) is 4.51. The molecule has 0 amide bonds. The maximum Gasteiger partial charge on any atom is 0.135 e. The molecule has 0 saturated heterocycles. The van der Waals surface area contributed by atoms with Gasteiger partial charge in [-0.1, -0.05) is 19.0 Å². The highest BCUT2D eigenvalue weighted by atomic mass is 16.5. The largest absolute Gasteiger partial charge is 0.370 e. The summed E-state index contributed by atoms with van der Waals surface area (Å²) in [4.78, 5) is 8.62. The van der Waals surface area contributed by atoms with Crippen LogP contribution < -0.4 is 10.6 Å². The predicted octanol–water partition coefficient (Wildman–Crippen LogP) is 2.63. The van der Waals surface area contributed by atoms with Crippen molar-refractivity contribution in [3.63, 3.8) is 0 Å². The first-order valence-electron chi connectivity index (χ1n) is 6.44. The van der Waals surface area contributed by atoms with E-state index in [0.29, 0.717) is 12.5 Å². The van der Waals surface area contributed by atoms with Crippen molar-refractivity contribution in [3.8, 4) is 0 Å². The summed E-state index contributed by atoms with van der Waals surface area (Å²) in [5.74, 6) is 2.05. The van der Waals surface area contributed by atoms with Crippen molar-refractivity contribution in [1.82, 2.24) is 15.1 Å². The molecule has 6 heteroatoms. The summed E-state index contributed by atoms with van der Waals surface area (Å²) in [5.41, 5.74) is 1.94. The van der Waals surface area contributed by atoms with Gasteiger partial charge in [-0.3, -0.25) is 0 Å². The smallest absolute Gasteiger partial charge is 0.135 e. The molecule has 2 rings (SSSR count). The van der Waals surface area contributed by atoms with Gasteiger partial charge >= 0.3 is 0 Å². The zero-order chi connectivity index (χ0) is 13.7. The van der Waals surface area contributed by atoms with Crippen LogP contribution >= 0.6 is 0 Å². The Kier molecular flexibility index (Phi) is 4.33. The molecule has 0 bridgehead atoms. The lowest BCUT2D eigenvalue weighted by molar-refractivity contribution is 0.412. The maximum absolute atomic E-state index is 4.81. The second kappa shape index (κ2) is 6.17. The van der Waals surface area contributed by atoms with Gasteiger partial charge in [0.25, 0.3) is 0 Å². The third kappa shape index (κ3) is 3.21. The van der Waals surface area contributed by atoms with E-state index in [1.807, 2.05) is 6.07 Å². The molecule has 0 aromatic carbocycles. The lowest BCUT2D eigenvalue weighted by Gasteiger charge is -2.16. The van der Waals surface area contributed by atoms with Crippen LogP contribution in [-0.2, 0) is 6.54 Å². The SMILES string of the molecule is CCNc1ncnc(NCc2ccon2)c1C(C)C. The van der Waals surface area contributed by atoms with Crippen molar-refractivity contribution < 1.29 is 4.52 Å². The van der Waals surface area contributed by atoms with E-state index in [1.165, 1.54) is 0 Å². The van der Waals surface area contributed by atoms with Gasteiger partial charge in [0.15, 0.2) is 0 Å². The monoisotopic (exact) mass is 261 g/mol. The van der Waals surface area contributed by atoms with Gasteiger partial charge in [0.05, 0.1) is 6.54 Å². The van der Waals surface area contributed by atoms with Gasteiger partial charge in [0.1, 0.15) is 29.9 Å². The lowest BCUT2D eigenvalue weighted by Crippen LogP contribution is -2.11. The summed E-state index contributed by atoms with van der Waals surface area (Å²) in [6.45, 7) is 7.72. The van der Waals surface area contributed by atoms with Crippen LogP contribution in [0.5, 0.6) is 0 Å². The van der Waals surface area contributed by atoms with Crippen molar-refractivity contribution in [1.29, 1.82) is 0 Å². The minimum atomic E-state index is 0.329. The van der Waals surface area contributed by atoms with E-state index in [4.69, 9.17) is 4.52 Å². The topological polar surface area (TPSA) is 75.9 Å². The summed E-state index contributed by atoms with van der Waals surface area (Å²) in [5, 5.41) is 10.4. The lowest BCUT2D eigenvalue weighted by atomic mass is 10.0. The van der Waals surface area contributed by atoms with Gasteiger partial charge in [-0.15, -0.1) is 0 Å². The Balaban J connectivity index is 2.20. The molecule has 19 heavy (non-hydrogen) atoms. The third-order valence-corrected chi connectivity index (χ3v) is 2.73. The number of anilines is 2. The highest BCUT2D eigenvalue weighted by Gasteiger charge is 2.14. The Hall–Kier alpha value is -2.11. The molecule has 2 aromatic rings. The minimum absolute atomic E-state index is 0.329. The van der Waals surface area contributed by atoms with E-state index in [2.05, 4.69) is 46.5 Å². The standard InChI is InChI=1S/C13H19N5O/c1-4-14-12-11(9(2)3)13(17-8-16-12)15-7-10-5-6-19-18-10/h5-6,8-9H,4,7H2,1-3H3,(H2,14,15,16,17). The molecular weight excluding hydrogens is 242 g/mol. The summed E-state index contributed by atoms with van der Waals surface area (Å²) < 4.78 is 4.81. The van der Waals surface area contributed by atoms with Gasteiger partial charge < -0.3 is 15.2 Å². The molecule has 0 atom stereocenters. The normalized spacial score (nSPS) is 10.7. The van der Waals surface area contributed by atoms with Gasteiger partial charge in [-0.05, 0) is 12.8 Å². The first-order valence-corrected chi connectivity index (χ1v) is 6.44. The average Bonchev–Trinajstić information content (AvgIpc) is 2.89. The molecule has 0 aliphatic rings. The summed E-state index contributed by atoms with van der Waals surface area (Å²) in [6, 6.07) is 1.83. The Morgan fingerprint density at radius 3 is 2.53 bits per heavy atom. The molecule has 0 saturated carbocycles. The molecule has 2 aromatic heterocycles. The average molecular weight is 261 g/mol. The quantitative estimate of drug-likeness (QED) is 0.832. The van der Waals surface area contributed by atoms with Crippen molar-refractivity contribution in [2.75, 3.05) is 17.2 Å². The molecule has 0 radical (unpaired) electrons. The molecule has 2 heterocycles. The van der Waals surface area contributed by atoms with Crippen LogP contribution in [0.4, 0.5) is 11.6 Å². The Morgan fingerprint density at radius 1 is 1.21 bits per heavy atom. The van der Waals surface area contributed by atoms with E-state index in [0.717, 1.165) is 29.4 Å². The minimum Gasteiger partial charge on any atom is -0.370 e. The van der Waals surface area contributed by atoms with Crippen molar-refractivity contribution in [2.24, 2.45) is 0 Å². The van der Waals surface area contributed by atoms with Crippen LogP contribution in [0, 0.1) is 0 Å². The maximum atomic E-state index is 4.81. The van der Waals surface area contributed by atoms with E-state index >= 15 is 0 Å². The zero-order valence-electron chi connectivity index (χ0n) is 11.5. The van der Waals surface area contributed by atoms with Crippen molar-refractivity contribution in [3.05, 3.63) is 29.9 Å². The number of hydrogen-bond acceptors (Lipinski definition) is 6. The van der Waals surface area contributed by atoms with E-state index in [1.54, 1.807) is 12.6 Å². The van der Waals surface area contributed by atoms with Crippen molar-refractivity contribution >= 4 is 11.6 Å². The molecule has 0 spiro atoms. The van der Waals surface area contributed by atoms with E-state index in [-0.39, 0.29) is 0 Å². The summed E-state index contributed by atoms with van der Waals surface area (Å²) >= 11 is 0. The number of rotatable bonds is 6. The number of aromatic nitrogens is 3. The second-order valence-corrected chi connectivity index (χ2v) is 4.51. The van der Waals surface area contributed by atoms with Crippen LogP contribution in [0.25, 0.3) is 0 Å². The summed E-state index contributed by atoms with van der Waals surface area (Å²) in [6.07, 6.45) is 3.12. The molecule has 2 N–H and O–H groups in total. The van der Waals surface area contributed by atoms with Gasteiger partial charge in [0.2, 0.25) is 0 Å². The highest BCUT2D eigenvalue weighted by molar-refractivity contribution is 5.58. The molecule has 0 aliphatic carbocycles. The third-order valence-electron chi connectivity index (χ3n) is 2.73. The van der Waals surface area contributed by atoms with Crippen LogP contribution in [-0.4, -0.2) is 21.7 Å². The fourth-order valence-corrected chi connectivity index (χ4v) is 1.89. The Bertz CT molecular complexity index is 510. The van der Waals surface area contributed by atoms with Crippen LogP contribution in [0.15, 0.2) is 23.2 Å². The summed E-state index contributed by atoms with van der Waals surface area (Å²) in [7, 11) is 0. The van der Waals surface area contributed by atoms with E-state index in [9.17, 15) is 0 Å². The molecule has 0 unspecified atom stereocenters. The first-order chi connectivity index (χ1) is 9.22. The molecule has 102 valence electrons. The van der Waals surface area contributed by atoms with Crippen LogP contribution in [0.2, 0.25) is 0 Å². The van der Waals surface area contributed by atoms with Gasteiger partial charge in [-0.2, -0.15) is 0 Å². The Morgan fingerprint density at radius 2 is 1.95 bits per heavy atom. The predicted molar refractivity (Wildman–Crippen MR) is 74.1 cm³/mol. The fraction of sp³-hybridized carbons (Fsp3) is 0.462. The highest BCUT2D eigenvalue weighted by Crippen LogP contribution is 2.28. The number of nitrogens with zero attached hydrogens (tertiary/aromatic N) is 3. The Labute approximate surface area is 112 Å². The van der Waals surface area contributed by atoms with Crippen LogP contribution in [0.1, 0.15) is 37.9 Å². The van der Waals surface area contributed by atoms with Crippen molar-refractivity contribution in [2.45, 2.75) is 33.2 Å². The molecule has 6 nitrogen and oxygen atoms in total. The van der Waals surface area contributed by atoms with Gasteiger partial charge in [0, 0.05) is 18.2 Å². The fourth-order valence-electron chi connectivity index (χ4n) is 1.89. The van der Waals surface area contributed by atoms with Gasteiger partial charge in [-0.25, -0.2) is 9.97 Å². The molecular formula is C13H19N5O. The van der Waals surface area contributed by atoms with E-state index < -0.39 is 0 Å². The first kappa shape index (κ1) is 13.3.